The maximum Gasteiger partial charge on any atom is 0.251 e. The van der Waals surface area contributed by atoms with Crippen molar-refractivity contribution in [2.75, 3.05) is 14.2 Å². The van der Waals surface area contributed by atoms with Gasteiger partial charge in [-0.3, -0.25) is 9.63 Å². The van der Waals surface area contributed by atoms with Gasteiger partial charge in [-0.2, -0.15) is 0 Å². The van der Waals surface area contributed by atoms with Crippen LogP contribution in [0.3, 0.4) is 0 Å². The van der Waals surface area contributed by atoms with Crippen LogP contribution in [-0.4, -0.2) is 36.3 Å². The number of carbonyl (C=O) groups is 1. The van der Waals surface area contributed by atoms with E-state index < -0.39 is 12.0 Å². The molecule has 0 rings (SSSR count). The molecule has 0 unspecified atom stereocenters. The summed E-state index contributed by atoms with van der Waals surface area (Å²) in [4.78, 5) is 16.1. The molecular formula is C9H17NO3. The van der Waals surface area contributed by atoms with E-state index >= 15 is 0 Å². The van der Waals surface area contributed by atoms with E-state index in [1.54, 1.807) is 26.0 Å². The number of nitrogens with zero attached hydrogens (tertiary/aromatic N) is 1. The van der Waals surface area contributed by atoms with Crippen molar-refractivity contribution >= 4 is 5.91 Å². The predicted octanol–water partition coefficient (Wildman–Crippen LogP) is 0.579. The van der Waals surface area contributed by atoms with E-state index in [4.69, 9.17) is 4.84 Å². The fourth-order valence-corrected chi connectivity index (χ4v) is 0.887. The van der Waals surface area contributed by atoms with Crippen molar-refractivity contribution in [3.8, 4) is 0 Å². The number of amides is 1. The Hall–Kier alpha value is -0.870. The van der Waals surface area contributed by atoms with E-state index in [2.05, 4.69) is 0 Å². The van der Waals surface area contributed by atoms with Crippen LogP contribution in [-0.2, 0) is 9.63 Å². The molecule has 4 heteroatoms. The minimum atomic E-state index is -0.755. The van der Waals surface area contributed by atoms with Gasteiger partial charge in [0.1, 0.15) is 0 Å². The summed E-state index contributed by atoms with van der Waals surface area (Å²) in [5.74, 6) is -0.728. The van der Waals surface area contributed by atoms with E-state index in [9.17, 15) is 9.90 Å². The van der Waals surface area contributed by atoms with E-state index in [0.717, 1.165) is 5.06 Å². The lowest BCUT2D eigenvalue weighted by Gasteiger charge is -2.20. The fraction of sp³-hybridized carbons (Fsp3) is 0.667. The normalized spacial score (nSPS) is 15.8. The zero-order valence-corrected chi connectivity index (χ0v) is 8.52. The van der Waals surface area contributed by atoms with E-state index in [0.29, 0.717) is 0 Å². The van der Waals surface area contributed by atoms with Crippen LogP contribution in [0.2, 0.25) is 0 Å². The number of hydrogen-bond donors (Lipinski definition) is 1. The van der Waals surface area contributed by atoms with Crippen molar-refractivity contribution in [2.45, 2.75) is 20.0 Å². The number of hydrogen-bond acceptors (Lipinski definition) is 3. The standard InChI is InChI=1S/C9H17NO3/c1-5-6-8(11)7(2)9(12)10(3)13-4/h5-8,11H,1-4H3/b6-5+/t7-,8+/m0/s1. The highest BCUT2D eigenvalue weighted by molar-refractivity contribution is 5.78. The second kappa shape index (κ2) is 5.72. The van der Waals surface area contributed by atoms with E-state index in [-0.39, 0.29) is 5.91 Å². The molecule has 0 spiro atoms. The Bertz CT molecular complexity index is 191. The van der Waals surface area contributed by atoms with Crippen molar-refractivity contribution in [3.63, 3.8) is 0 Å². The number of aliphatic hydroxyl groups excluding tert-OH is 1. The van der Waals surface area contributed by atoms with Crippen molar-refractivity contribution in [1.82, 2.24) is 5.06 Å². The summed E-state index contributed by atoms with van der Waals surface area (Å²) in [6, 6.07) is 0. The molecule has 0 heterocycles. The Labute approximate surface area is 78.8 Å². The van der Waals surface area contributed by atoms with Crippen molar-refractivity contribution < 1.29 is 14.7 Å². The monoisotopic (exact) mass is 187 g/mol. The minimum absolute atomic E-state index is 0.242. The maximum atomic E-state index is 11.4. The van der Waals surface area contributed by atoms with Gasteiger partial charge in [-0.15, -0.1) is 0 Å². The molecule has 0 aliphatic heterocycles. The molecule has 0 radical (unpaired) electrons. The van der Waals surface area contributed by atoms with Crippen molar-refractivity contribution in [2.24, 2.45) is 5.92 Å². The van der Waals surface area contributed by atoms with Gasteiger partial charge >= 0.3 is 0 Å². The van der Waals surface area contributed by atoms with Gasteiger partial charge in [0.05, 0.1) is 19.1 Å². The zero-order chi connectivity index (χ0) is 10.4. The molecule has 0 bridgehead atoms. The summed E-state index contributed by atoms with van der Waals surface area (Å²) in [6.45, 7) is 3.45. The van der Waals surface area contributed by atoms with Gasteiger partial charge in [0.2, 0.25) is 0 Å². The van der Waals surface area contributed by atoms with Gasteiger partial charge in [0, 0.05) is 7.05 Å². The third kappa shape index (κ3) is 3.57. The van der Waals surface area contributed by atoms with E-state index in [1.807, 2.05) is 0 Å². The molecule has 0 aromatic carbocycles. The first-order valence-electron chi connectivity index (χ1n) is 4.17. The maximum absolute atomic E-state index is 11.4. The summed E-state index contributed by atoms with van der Waals surface area (Å²) in [7, 11) is 2.92. The average Bonchev–Trinajstić information content (AvgIpc) is 2.14. The van der Waals surface area contributed by atoms with Crippen LogP contribution in [0, 0.1) is 5.92 Å². The van der Waals surface area contributed by atoms with Crippen LogP contribution in [0.15, 0.2) is 12.2 Å². The summed E-state index contributed by atoms with van der Waals surface area (Å²) < 4.78 is 0. The Morgan fingerprint density at radius 2 is 2.15 bits per heavy atom. The molecule has 0 aliphatic carbocycles. The zero-order valence-electron chi connectivity index (χ0n) is 8.52. The second-order valence-corrected chi connectivity index (χ2v) is 2.82. The second-order valence-electron chi connectivity index (χ2n) is 2.82. The average molecular weight is 187 g/mol. The number of carbonyl (C=O) groups excluding carboxylic acids is 1. The Balaban J connectivity index is 4.24. The molecule has 0 aliphatic rings. The smallest absolute Gasteiger partial charge is 0.251 e. The first-order chi connectivity index (χ1) is 6.04. The lowest BCUT2D eigenvalue weighted by molar-refractivity contribution is -0.175. The van der Waals surface area contributed by atoms with Crippen LogP contribution in [0.4, 0.5) is 0 Å². The lowest BCUT2D eigenvalue weighted by atomic mass is 10.0. The van der Waals surface area contributed by atoms with Crippen molar-refractivity contribution in [1.29, 1.82) is 0 Å². The summed E-state index contributed by atoms with van der Waals surface area (Å²) in [6.07, 6.45) is 2.53. The number of allylic oxidation sites excluding steroid dienone is 1. The molecule has 13 heavy (non-hydrogen) atoms. The van der Waals surface area contributed by atoms with Gasteiger partial charge in [0.15, 0.2) is 0 Å². The highest BCUT2D eigenvalue weighted by atomic mass is 16.7. The highest BCUT2D eigenvalue weighted by Crippen LogP contribution is 2.08. The molecule has 0 aromatic rings. The number of hydroxylamine groups is 2. The van der Waals surface area contributed by atoms with Gasteiger partial charge in [0.25, 0.3) is 5.91 Å². The lowest BCUT2D eigenvalue weighted by Crippen LogP contribution is -2.36. The van der Waals surface area contributed by atoms with Crippen LogP contribution in [0.1, 0.15) is 13.8 Å². The van der Waals surface area contributed by atoms with E-state index in [1.165, 1.54) is 14.2 Å². The molecule has 76 valence electrons. The molecular weight excluding hydrogens is 170 g/mol. The first-order valence-corrected chi connectivity index (χ1v) is 4.17. The molecule has 1 N–H and O–H groups in total. The minimum Gasteiger partial charge on any atom is -0.388 e. The van der Waals surface area contributed by atoms with Gasteiger partial charge < -0.3 is 5.11 Å². The highest BCUT2D eigenvalue weighted by Gasteiger charge is 2.22. The van der Waals surface area contributed by atoms with Crippen LogP contribution >= 0.6 is 0 Å². The van der Waals surface area contributed by atoms with Gasteiger partial charge in [-0.25, -0.2) is 5.06 Å². The predicted molar refractivity (Wildman–Crippen MR) is 49.8 cm³/mol. The third-order valence-electron chi connectivity index (χ3n) is 1.88. The Morgan fingerprint density at radius 1 is 1.62 bits per heavy atom. The molecule has 4 nitrogen and oxygen atoms in total. The molecule has 0 aromatic heterocycles. The largest absolute Gasteiger partial charge is 0.388 e. The van der Waals surface area contributed by atoms with Gasteiger partial charge in [-0.05, 0) is 6.92 Å². The molecule has 0 saturated heterocycles. The van der Waals surface area contributed by atoms with Gasteiger partial charge in [-0.1, -0.05) is 19.1 Å². The number of rotatable bonds is 4. The summed E-state index contributed by atoms with van der Waals surface area (Å²) in [5, 5.41) is 10.6. The molecule has 1 amide bonds. The van der Waals surface area contributed by atoms with Crippen molar-refractivity contribution in [3.05, 3.63) is 12.2 Å². The first kappa shape index (κ1) is 12.1. The van der Waals surface area contributed by atoms with Crippen LogP contribution < -0.4 is 0 Å². The fourth-order valence-electron chi connectivity index (χ4n) is 0.887. The number of aliphatic hydroxyl groups is 1. The molecule has 0 fully saturated rings. The quantitative estimate of drug-likeness (QED) is 0.517. The van der Waals surface area contributed by atoms with Crippen LogP contribution in [0.5, 0.6) is 0 Å². The Kier molecular flexibility index (Phi) is 5.34. The SMILES string of the molecule is C/C=C/[C@@H](O)[C@H](C)C(=O)N(C)OC. The third-order valence-corrected chi connectivity index (χ3v) is 1.88. The molecule has 2 atom stereocenters. The Morgan fingerprint density at radius 3 is 2.54 bits per heavy atom. The topological polar surface area (TPSA) is 49.8 Å². The summed E-state index contributed by atoms with van der Waals surface area (Å²) in [5.41, 5.74) is 0. The summed E-state index contributed by atoms with van der Waals surface area (Å²) >= 11 is 0. The molecule has 0 saturated carbocycles. The van der Waals surface area contributed by atoms with Crippen LogP contribution in [0.25, 0.3) is 0 Å².